The molecule has 0 radical (unpaired) electrons. The first kappa shape index (κ1) is 17.1. The molecular formula is C20H29NO3. The van der Waals surface area contributed by atoms with Gasteiger partial charge in [-0.1, -0.05) is 12.8 Å². The third-order valence-corrected chi connectivity index (χ3v) is 5.29. The Bertz CT molecular complexity index is 570. The number of benzene rings is 1. The van der Waals surface area contributed by atoms with Crippen LogP contribution in [-0.2, 0) is 0 Å². The predicted molar refractivity (Wildman–Crippen MR) is 94.8 cm³/mol. The standard InChI is InChI=1S/C20H29NO3/c1-3-23-18-12-11-16(14-19(18)24-4-2)20(22)21-13-7-9-15-8-5-6-10-17(15)21/h11-12,14-15,17H,3-10,13H2,1-2H3. The molecule has 0 N–H and O–H groups in total. The van der Waals surface area contributed by atoms with E-state index in [9.17, 15) is 4.79 Å². The molecule has 2 unspecified atom stereocenters. The Morgan fingerprint density at radius 2 is 1.75 bits per heavy atom. The number of amides is 1. The number of rotatable bonds is 5. The lowest BCUT2D eigenvalue weighted by Gasteiger charge is -2.44. The van der Waals surface area contributed by atoms with Crippen molar-refractivity contribution < 1.29 is 14.3 Å². The van der Waals surface area contributed by atoms with E-state index in [1.807, 2.05) is 32.0 Å². The second-order valence-corrected chi connectivity index (χ2v) is 6.78. The van der Waals surface area contributed by atoms with Gasteiger partial charge in [0.05, 0.1) is 13.2 Å². The van der Waals surface area contributed by atoms with Gasteiger partial charge < -0.3 is 14.4 Å². The lowest BCUT2D eigenvalue weighted by molar-refractivity contribution is 0.0390. The van der Waals surface area contributed by atoms with E-state index in [1.165, 1.54) is 25.7 Å². The van der Waals surface area contributed by atoms with Crippen molar-refractivity contribution in [3.05, 3.63) is 23.8 Å². The molecule has 1 heterocycles. The van der Waals surface area contributed by atoms with Crippen LogP contribution in [0.15, 0.2) is 18.2 Å². The largest absolute Gasteiger partial charge is 0.490 e. The van der Waals surface area contributed by atoms with Crippen LogP contribution in [0, 0.1) is 5.92 Å². The molecule has 2 atom stereocenters. The zero-order valence-electron chi connectivity index (χ0n) is 14.9. The summed E-state index contributed by atoms with van der Waals surface area (Å²) in [6, 6.07) is 6.03. The van der Waals surface area contributed by atoms with E-state index in [-0.39, 0.29) is 5.91 Å². The predicted octanol–water partition coefficient (Wildman–Crippen LogP) is 4.28. The topological polar surface area (TPSA) is 38.8 Å². The Hall–Kier alpha value is -1.71. The molecule has 24 heavy (non-hydrogen) atoms. The second-order valence-electron chi connectivity index (χ2n) is 6.78. The van der Waals surface area contributed by atoms with Crippen molar-refractivity contribution in [2.75, 3.05) is 19.8 Å². The fraction of sp³-hybridized carbons (Fsp3) is 0.650. The summed E-state index contributed by atoms with van der Waals surface area (Å²) in [6.45, 7) is 5.93. The zero-order chi connectivity index (χ0) is 16.9. The minimum Gasteiger partial charge on any atom is -0.490 e. The number of ether oxygens (including phenoxy) is 2. The molecule has 0 bridgehead atoms. The molecule has 1 saturated carbocycles. The van der Waals surface area contributed by atoms with E-state index in [1.54, 1.807) is 0 Å². The Kier molecular flexibility index (Phi) is 5.64. The minimum absolute atomic E-state index is 0.149. The number of carbonyl (C=O) groups excluding carboxylic acids is 1. The molecule has 1 amide bonds. The molecule has 1 aromatic carbocycles. The quantitative estimate of drug-likeness (QED) is 0.808. The lowest BCUT2D eigenvalue weighted by Crippen LogP contribution is -2.49. The molecule has 1 aliphatic heterocycles. The van der Waals surface area contributed by atoms with E-state index >= 15 is 0 Å². The highest BCUT2D eigenvalue weighted by atomic mass is 16.5. The van der Waals surface area contributed by atoms with Crippen LogP contribution in [0.4, 0.5) is 0 Å². The van der Waals surface area contributed by atoms with Crippen molar-refractivity contribution in [2.45, 2.75) is 58.4 Å². The molecule has 1 aromatic rings. The van der Waals surface area contributed by atoms with Crippen LogP contribution in [0.3, 0.4) is 0 Å². The van der Waals surface area contributed by atoms with Gasteiger partial charge in [-0.3, -0.25) is 4.79 Å². The van der Waals surface area contributed by atoms with E-state index in [0.717, 1.165) is 19.4 Å². The first-order chi connectivity index (χ1) is 11.7. The van der Waals surface area contributed by atoms with Crippen LogP contribution in [0.5, 0.6) is 11.5 Å². The minimum atomic E-state index is 0.149. The Labute approximate surface area is 145 Å². The van der Waals surface area contributed by atoms with Crippen molar-refractivity contribution in [3.8, 4) is 11.5 Å². The summed E-state index contributed by atoms with van der Waals surface area (Å²) in [6.07, 6.45) is 7.41. The highest BCUT2D eigenvalue weighted by Gasteiger charge is 2.36. The van der Waals surface area contributed by atoms with Crippen molar-refractivity contribution in [2.24, 2.45) is 5.92 Å². The van der Waals surface area contributed by atoms with Crippen molar-refractivity contribution in [1.29, 1.82) is 0 Å². The van der Waals surface area contributed by atoms with Gasteiger partial charge in [0.25, 0.3) is 5.91 Å². The molecule has 2 fully saturated rings. The van der Waals surface area contributed by atoms with Crippen LogP contribution in [0.2, 0.25) is 0 Å². The van der Waals surface area contributed by atoms with Crippen molar-refractivity contribution >= 4 is 5.91 Å². The highest BCUT2D eigenvalue weighted by Crippen LogP contribution is 2.36. The third-order valence-electron chi connectivity index (χ3n) is 5.29. The number of nitrogens with zero attached hydrogens (tertiary/aromatic N) is 1. The molecule has 4 heteroatoms. The second kappa shape index (κ2) is 7.91. The van der Waals surface area contributed by atoms with Gasteiger partial charge in [0, 0.05) is 18.2 Å². The van der Waals surface area contributed by atoms with E-state index in [2.05, 4.69) is 4.90 Å². The summed E-state index contributed by atoms with van der Waals surface area (Å²) in [5, 5.41) is 0. The van der Waals surface area contributed by atoms with Gasteiger partial charge in [-0.15, -0.1) is 0 Å². The molecule has 0 spiro atoms. The molecule has 4 nitrogen and oxygen atoms in total. The van der Waals surface area contributed by atoms with Gasteiger partial charge in [0.1, 0.15) is 0 Å². The molecule has 132 valence electrons. The number of piperidine rings is 1. The van der Waals surface area contributed by atoms with Gasteiger partial charge in [0.2, 0.25) is 0 Å². The summed E-state index contributed by atoms with van der Waals surface area (Å²) in [7, 11) is 0. The Morgan fingerprint density at radius 3 is 2.54 bits per heavy atom. The smallest absolute Gasteiger partial charge is 0.254 e. The molecule has 3 rings (SSSR count). The van der Waals surface area contributed by atoms with Gasteiger partial charge in [-0.2, -0.15) is 0 Å². The fourth-order valence-electron chi connectivity index (χ4n) is 4.23. The van der Waals surface area contributed by atoms with E-state index < -0.39 is 0 Å². The van der Waals surface area contributed by atoms with Crippen molar-refractivity contribution in [3.63, 3.8) is 0 Å². The molecule has 2 aliphatic rings. The summed E-state index contributed by atoms with van der Waals surface area (Å²) in [4.78, 5) is 15.2. The van der Waals surface area contributed by atoms with Gasteiger partial charge in [-0.05, 0) is 63.6 Å². The SMILES string of the molecule is CCOc1ccc(C(=O)N2CCCC3CCCCC32)cc1OCC. The summed E-state index contributed by atoms with van der Waals surface area (Å²) in [5.41, 5.74) is 0.716. The number of carbonyl (C=O) groups is 1. The summed E-state index contributed by atoms with van der Waals surface area (Å²) >= 11 is 0. The maximum absolute atomic E-state index is 13.1. The van der Waals surface area contributed by atoms with Crippen molar-refractivity contribution in [1.82, 2.24) is 4.90 Å². The maximum Gasteiger partial charge on any atom is 0.254 e. The first-order valence-corrected chi connectivity index (χ1v) is 9.45. The fourth-order valence-corrected chi connectivity index (χ4v) is 4.23. The normalized spacial score (nSPS) is 23.5. The first-order valence-electron chi connectivity index (χ1n) is 9.45. The number of fused-ring (bicyclic) bond motifs is 1. The summed E-state index contributed by atoms with van der Waals surface area (Å²) in [5.74, 6) is 2.23. The van der Waals surface area contributed by atoms with Crippen LogP contribution in [0.25, 0.3) is 0 Å². The highest BCUT2D eigenvalue weighted by molar-refractivity contribution is 5.95. The number of hydrogen-bond acceptors (Lipinski definition) is 3. The van der Waals surface area contributed by atoms with Crippen LogP contribution < -0.4 is 9.47 Å². The van der Waals surface area contributed by atoms with E-state index in [0.29, 0.717) is 42.2 Å². The third kappa shape index (κ3) is 3.52. The number of likely N-dealkylation sites (tertiary alicyclic amines) is 1. The van der Waals surface area contributed by atoms with Gasteiger partial charge in [0.15, 0.2) is 11.5 Å². The number of hydrogen-bond donors (Lipinski definition) is 0. The molecule has 0 aromatic heterocycles. The lowest BCUT2D eigenvalue weighted by atomic mass is 9.78. The van der Waals surface area contributed by atoms with Crippen LogP contribution in [-0.4, -0.2) is 36.6 Å². The van der Waals surface area contributed by atoms with E-state index in [4.69, 9.17) is 9.47 Å². The summed E-state index contributed by atoms with van der Waals surface area (Å²) < 4.78 is 11.3. The zero-order valence-corrected chi connectivity index (χ0v) is 14.9. The van der Waals surface area contributed by atoms with Crippen LogP contribution >= 0.6 is 0 Å². The van der Waals surface area contributed by atoms with Gasteiger partial charge >= 0.3 is 0 Å². The Morgan fingerprint density at radius 1 is 1.04 bits per heavy atom. The monoisotopic (exact) mass is 331 g/mol. The maximum atomic E-state index is 13.1. The van der Waals surface area contributed by atoms with Gasteiger partial charge in [-0.25, -0.2) is 0 Å². The Balaban J connectivity index is 1.81. The average Bonchev–Trinajstić information content (AvgIpc) is 2.62. The average molecular weight is 331 g/mol. The molecule has 1 aliphatic carbocycles. The molecule has 1 saturated heterocycles. The molecular weight excluding hydrogens is 302 g/mol. The van der Waals surface area contributed by atoms with Crippen LogP contribution in [0.1, 0.15) is 62.7 Å².